The zero-order chi connectivity index (χ0) is 84.3. The average Bonchev–Trinajstić information content (AvgIpc) is 1.20. The molecule has 0 aliphatic heterocycles. The summed E-state index contributed by atoms with van der Waals surface area (Å²) < 4.78 is 16.9. The van der Waals surface area contributed by atoms with Crippen molar-refractivity contribution in [3.63, 3.8) is 0 Å². The van der Waals surface area contributed by atoms with Gasteiger partial charge in [-0.2, -0.15) is 0 Å². The summed E-state index contributed by atoms with van der Waals surface area (Å²) in [5.74, 6) is -2.35. The van der Waals surface area contributed by atoms with Crippen LogP contribution in [0.5, 0.6) is 0 Å². The van der Waals surface area contributed by atoms with E-state index >= 15 is 0 Å². The first-order chi connectivity index (χ1) is 55.7. The molecule has 0 amide bonds. The average molecular weight is 1610 g/mol. The molecule has 0 aromatic carbocycles. The predicted octanol–water partition coefficient (Wildman–Crippen LogP) is 17.2. The maximum absolute atomic E-state index is 13.5. The molecule has 0 aromatic rings. The first kappa shape index (κ1) is 82.8. The molecule has 0 bridgehead atoms. The lowest BCUT2D eigenvalue weighted by Crippen LogP contribution is -2.51. The van der Waals surface area contributed by atoms with E-state index in [0.29, 0.717) is 118 Å². The fourth-order valence-corrected chi connectivity index (χ4v) is 29.1. The van der Waals surface area contributed by atoms with E-state index in [-0.39, 0.29) is 79.4 Å². The summed E-state index contributed by atoms with van der Waals surface area (Å²) in [5, 5.41) is 34.5. The van der Waals surface area contributed by atoms with Gasteiger partial charge in [-0.3, -0.25) is 52.7 Å². The van der Waals surface area contributed by atoms with Crippen LogP contribution in [0.25, 0.3) is 0 Å². The third-order valence-electron chi connectivity index (χ3n) is 36.0. The van der Waals surface area contributed by atoms with Gasteiger partial charge >= 0.3 is 17.9 Å². The fourth-order valence-electron chi connectivity index (χ4n) is 29.1. The molecule has 4 saturated carbocycles. The minimum absolute atomic E-state index is 0.000487. The van der Waals surface area contributed by atoms with Gasteiger partial charge in [0.1, 0.15) is 40.9 Å². The Morgan fingerprint density at radius 1 is 0.373 bits per heavy atom. The van der Waals surface area contributed by atoms with E-state index in [0.717, 1.165) is 172 Å². The number of esters is 3. The Balaban J connectivity index is 0.000000113. The topological polar surface area (TPSA) is 276 Å². The number of aliphatic hydroxyl groups excluding tert-OH is 3. The van der Waals surface area contributed by atoms with E-state index in [2.05, 4.69) is 79.7 Å². The highest BCUT2D eigenvalue weighted by atomic mass is 16.6. The number of fused-ring (bicyclic) bond motifs is 12. The van der Waals surface area contributed by atoms with Gasteiger partial charge in [-0.15, -0.1) is 0 Å². The van der Waals surface area contributed by atoms with Crippen molar-refractivity contribution in [3.8, 4) is 0 Å². The normalized spacial score (nSPS) is 41.8. The minimum Gasteiger partial charge on any atom is -0.465 e. The highest BCUT2D eigenvalue weighted by Crippen LogP contribution is 2.76. The molecule has 0 radical (unpaired) electrons. The van der Waals surface area contributed by atoms with Crippen molar-refractivity contribution in [2.45, 2.75) is 326 Å². The molecule has 4 fully saturated rings. The highest BCUT2D eigenvalue weighted by Gasteiger charge is 2.72. The van der Waals surface area contributed by atoms with Crippen molar-refractivity contribution in [1.82, 2.24) is 0 Å². The molecule has 4 spiro atoms. The Labute approximate surface area is 695 Å². The lowest BCUT2D eigenvalue weighted by Gasteiger charge is -2.53. The number of carbonyl (C=O) groups excluding carboxylic acids is 11. The van der Waals surface area contributed by atoms with Crippen LogP contribution in [-0.4, -0.2) is 117 Å². The number of ketones is 8. The summed E-state index contributed by atoms with van der Waals surface area (Å²) in [7, 11) is 0. The quantitative estimate of drug-likeness (QED) is 0.150. The summed E-state index contributed by atoms with van der Waals surface area (Å²) in [6.07, 6.45) is 36.1. The molecule has 19 atom stereocenters. The van der Waals surface area contributed by atoms with Crippen LogP contribution >= 0.6 is 0 Å². The van der Waals surface area contributed by atoms with Crippen molar-refractivity contribution in [3.05, 3.63) is 138 Å². The number of hydrogen-bond donors (Lipinski definition) is 3. The van der Waals surface area contributed by atoms with Gasteiger partial charge in [-0.1, -0.05) is 121 Å². The second-order valence-electron chi connectivity index (χ2n) is 41.7. The van der Waals surface area contributed by atoms with Crippen LogP contribution in [0.3, 0.4) is 0 Å². The first-order valence-electron chi connectivity index (χ1n) is 45.2. The molecule has 20 aliphatic carbocycles. The summed E-state index contributed by atoms with van der Waals surface area (Å²) in [5.41, 5.74) is 13.4. The van der Waals surface area contributed by atoms with E-state index in [9.17, 15) is 68.1 Å². The van der Waals surface area contributed by atoms with Crippen molar-refractivity contribution < 1.29 is 82.3 Å². The Kier molecular flexibility index (Phi) is 19.9. The molecule has 118 heavy (non-hydrogen) atoms. The molecule has 17 nitrogen and oxygen atoms in total. The summed E-state index contributed by atoms with van der Waals surface area (Å²) in [6.45, 7) is 27.3. The Bertz CT molecular complexity index is 5000. The number of carbonyl (C=O) groups is 11. The maximum Gasteiger partial charge on any atom is 0.316 e. The van der Waals surface area contributed by atoms with Gasteiger partial charge in [-0.05, 0) is 282 Å². The highest BCUT2D eigenvalue weighted by molar-refractivity contribution is 6.01. The number of aliphatic hydroxyl groups is 3. The third kappa shape index (κ3) is 11.1. The van der Waals surface area contributed by atoms with Crippen molar-refractivity contribution >= 4 is 64.2 Å². The Morgan fingerprint density at radius 3 is 1.05 bits per heavy atom. The molecule has 0 aromatic heterocycles. The van der Waals surface area contributed by atoms with Crippen molar-refractivity contribution in [1.29, 1.82) is 0 Å². The van der Waals surface area contributed by atoms with Crippen LogP contribution in [0.2, 0.25) is 0 Å². The summed E-state index contributed by atoms with van der Waals surface area (Å²) in [6, 6.07) is 0. The van der Waals surface area contributed by atoms with Gasteiger partial charge in [0.05, 0.1) is 58.8 Å². The SMILES string of the molecule is CC(C)OC(=O)[C@H]1C2=C(CC[C@@]34C(=O)CC[C@]3(C)CC=C24)C2(C)CCC(=O)C=C2[C@H]1O.CC12CCC(=O)C=C1CCC1=C2CC[C@@]23C(=O)CC[C@]2(C)CC=C13.CCC(C)OC(=O)[C@H]1C2=C(CC[C@@]34C(=O)CC[C@]3(C)CC=C24)C2(C)CCC(=O)C=C2[C@H]1O.CCCOC(=O)[C@H]1C2=C(CC[C@@]34C(=O)CC[C@]3(C)CC=C24)C2(C)CCC(=O)C=C2[C@H]1O. The molecule has 630 valence electrons. The zero-order valence-electron chi connectivity index (χ0n) is 72.1. The van der Waals surface area contributed by atoms with Crippen LogP contribution in [0, 0.1) is 82.7 Å². The van der Waals surface area contributed by atoms with Gasteiger partial charge in [0.25, 0.3) is 0 Å². The predicted molar refractivity (Wildman–Crippen MR) is 443 cm³/mol. The van der Waals surface area contributed by atoms with Crippen LogP contribution in [0.1, 0.15) is 295 Å². The number of ether oxygens (including phenoxy) is 3. The van der Waals surface area contributed by atoms with Gasteiger partial charge in [0.2, 0.25) is 0 Å². The first-order valence-corrected chi connectivity index (χ1v) is 45.2. The molecule has 20 rings (SSSR count). The molecule has 0 saturated heterocycles. The number of hydrogen-bond acceptors (Lipinski definition) is 17. The second-order valence-corrected chi connectivity index (χ2v) is 41.7. The van der Waals surface area contributed by atoms with Crippen LogP contribution < -0.4 is 0 Å². The minimum atomic E-state index is -1.11. The van der Waals surface area contributed by atoms with Crippen LogP contribution in [0.4, 0.5) is 0 Å². The van der Waals surface area contributed by atoms with E-state index in [4.69, 9.17) is 14.2 Å². The van der Waals surface area contributed by atoms with Gasteiger partial charge in [0.15, 0.2) is 23.1 Å². The molecule has 3 N–H and O–H groups in total. The molecule has 17 heteroatoms. The van der Waals surface area contributed by atoms with Gasteiger partial charge in [-0.25, -0.2) is 0 Å². The van der Waals surface area contributed by atoms with E-state index in [1.807, 2.05) is 26.8 Å². The fraction of sp³-hybridized carbons (Fsp3) is 0.653. The van der Waals surface area contributed by atoms with E-state index < -0.39 is 86.5 Å². The van der Waals surface area contributed by atoms with E-state index in [1.54, 1.807) is 37.6 Å². The molecular formula is C101H124O17. The largest absolute Gasteiger partial charge is 0.465 e. The maximum atomic E-state index is 13.5. The van der Waals surface area contributed by atoms with Gasteiger partial charge < -0.3 is 29.5 Å². The van der Waals surface area contributed by atoms with Crippen molar-refractivity contribution in [2.75, 3.05) is 6.61 Å². The van der Waals surface area contributed by atoms with Crippen LogP contribution in [0.15, 0.2) is 138 Å². The monoisotopic (exact) mass is 1610 g/mol. The van der Waals surface area contributed by atoms with Gasteiger partial charge in [0, 0.05) is 73.0 Å². The zero-order valence-corrected chi connectivity index (χ0v) is 72.1. The summed E-state index contributed by atoms with van der Waals surface area (Å²) >= 11 is 0. The number of Topliss-reactive ketones (excluding diaryl/α,β-unsaturated/α-hetero) is 4. The standard InChI is InChI=1S/C27H34O5.2C26H32O5.C22H26O2/c1-5-15(2)32-24(31)22-21-17(26(4)12-6-16(28)14-19(26)23(22)30)8-13-27-18(21)7-10-25(27,3)11-9-20(27)29;1-14(2)31-23(30)21-20-16(25(4)11-5-15(27)13-18(25)22(21)29)7-12-26-17(20)6-9-24(26,3)10-8-19(26)28;1-4-13-31-23(30)21-20-16(25(3)11-5-15(27)14-18(25)22(21)29)7-12-26-17(20)6-9-24(26,2)10-8-19(26)28;1-20-9-6-18-16-4-3-14-13-15(23)5-11-21(14,2)17(16)7-12-22(18,20)19(24)8-10-20/h7,14-15,22-23,30H,5-6,8-13H2,1-4H3;6,13-14,21-22,29H,5,7-12H2,1-4H3;6,14,21-22,29H,4-5,7-13H2,1-3H3;6,13H,3-5,7-12H2,1-2H3/t15?,22-,23+,25-,26?,27+;2*21-,22+,24-,25?,26+;20-,21?,22+/m0000/s1. The molecule has 5 unspecified atom stereocenters. The number of rotatable bonds is 8. The molecule has 20 aliphatic rings. The van der Waals surface area contributed by atoms with Crippen LogP contribution in [-0.2, 0) is 67.0 Å². The second kappa shape index (κ2) is 28.3. The lowest BCUT2D eigenvalue weighted by atomic mass is 9.50. The Hall–Kier alpha value is -7.47. The third-order valence-corrected chi connectivity index (χ3v) is 36.0. The molecule has 0 heterocycles. The molecular weight excluding hydrogens is 1490 g/mol. The smallest absolute Gasteiger partial charge is 0.316 e. The Morgan fingerprint density at radius 2 is 0.695 bits per heavy atom. The summed E-state index contributed by atoms with van der Waals surface area (Å²) in [4.78, 5) is 142. The number of allylic oxidation sites excluding steroid dienone is 18. The van der Waals surface area contributed by atoms with Crippen molar-refractivity contribution in [2.24, 2.45) is 82.7 Å². The van der Waals surface area contributed by atoms with E-state index in [1.165, 1.54) is 16.7 Å². The lowest BCUT2D eigenvalue weighted by molar-refractivity contribution is -0.156.